The van der Waals surface area contributed by atoms with Crippen LogP contribution in [-0.4, -0.2) is 23.0 Å². The topological polar surface area (TPSA) is 68.0 Å². The summed E-state index contributed by atoms with van der Waals surface area (Å²) in [4.78, 5) is 17.5. The molecule has 106 valence electrons. The van der Waals surface area contributed by atoms with Crippen LogP contribution in [0.3, 0.4) is 0 Å². The Labute approximate surface area is 118 Å². The molecule has 0 spiro atoms. The van der Waals surface area contributed by atoms with Gasteiger partial charge in [0.05, 0.1) is 11.2 Å². The minimum absolute atomic E-state index is 0.0212. The molecule has 1 aliphatic rings. The molecule has 2 rings (SSSR count). The first-order valence-electron chi connectivity index (χ1n) is 6.88. The fraction of sp³-hybridized carbons (Fsp3) is 0.714. The largest absolute Gasteiger partial charge is 0.349 e. The second-order valence-corrected chi connectivity index (χ2v) is 7.22. The highest BCUT2D eigenvalue weighted by Crippen LogP contribution is 2.27. The van der Waals surface area contributed by atoms with Crippen molar-refractivity contribution in [2.45, 2.75) is 64.0 Å². The van der Waals surface area contributed by atoms with E-state index < -0.39 is 0 Å². The van der Waals surface area contributed by atoms with Crippen LogP contribution >= 0.6 is 11.3 Å². The highest BCUT2D eigenvalue weighted by atomic mass is 32.1. The van der Waals surface area contributed by atoms with Crippen molar-refractivity contribution in [3.05, 3.63) is 16.1 Å². The number of amides is 1. The first-order valence-corrected chi connectivity index (χ1v) is 7.76. The van der Waals surface area contributed by atoms with Crippen LogP contribution in [0.5, 0.6) is 0 Å². The summed E-state index contributed by atoms with van der Waals surface area (Å²) >= 11 is 1.43. The zero-order valence-corrected chi connectivity index (χ0v) is 12.7. The summed E-state index contributed by atoms with van der Waals surface area (Å²) in [6.45, 7) is 6.25. The summed E-state index contributed by atoms with van der Waals surface area (Å²) in [7, 11) is 0. The van der Waals surface area contributed by atoms with Crippen LogP contribution in [0.4, 0.5) is 0 Å². The van der Waals surface area contributed by atoms with E-state index in [9.17, 15) is 4.79 Å². The molecule has 1 aliphatic carbocycles. The molecule has 1 fully saturated rings. The molecule has 1 heterocycles. The smallest absolute Gasteiger partial charge is 0.263 e. The van der Waals surface area contributed by atoms with Gasteiger partial charge in [0, 0.05) is 17.5 Å². The van der Waals surface area contributed by atoms with Gasteiger partial charge in [-0.15, -0.1) is 11.3 Å². The molecule has 0 aliphatic heterocycles. The Morgan fingerprint density at radius 3 is 2.58 bits per heavy atom. The van der Waals surface area contributed by atoms with E-state index in [-0.39, 0.29) is 17.4 Å². The third kappa shape index (κ3) is 3.54. The number of thiazole rings is 1. The molecule has 0 unspecified atom stereocenters. The molecule has 1 amide bonds. The zero-order chi connectivity index (χ0) is 14.0. The lowest BCUT2D eigenvalue weighted by Crippen LogP contribution is -2.40. The van der Waals surface area contributed by atoms with Crippen molar-refractivity contribution in [3.8, 4) is 0 Å². The SMILES string of the molecule is CC(C)(C)c1ncsc1C(=O)NC1CCC(N)CC1. The fourth-order valence-corrected chi connectivity index (χ4v) is 3.36. The second kappa shape index (κ2) is 5.59. The quantitative estimate of drug-likeness (QED) is 0.875. The van der Waals surface area contributed by atoms with Crippen molar-refractivity contribution in [1.29, 1.82) is 0 Å². The van der Waals surface area contributed by atoms with Crippen molar-refractivity contribution in [2.75, 3.05) is 0 Å². The number of carbonyl (C=O) groups excluding carboxylic acids is 1. The predicted octanol–water partition coefficient (Wildman–Crippen LogP) is 2.44. The maximum atomic E-state index is 12.4. The molecule has 0 atom stereocenters. The van der Waals surface area contributed by atoms with E-state index in [1.165, 1.54) is 11.3 Å². The summed E-state index contributed by atoms with van der Waals surface area (Å²) in [5.41, 5.74) is 8.43. The van der Waals surface area contributed by atoms with E-state index in [0.717, 1.165) is 36.3 Å². The number of aromatic nitrogens is 1. The number of nitrogens with zero attached hydrogens (tertiary/aromatic N) is 1. The maximum absolute atomic E-state index is 12.4. The van der Waals surface area contributed by atoms with Crippen molar-refractivity contribution < 1.29 is 4.79 Å². The molecule has 0 radical (unpaired) electrons. The summed E-state index contributed by atoms with van der Waals surface area (Å²) < 4.78 is 0. The molecule has 19 heavy (non-hydrogen) atoms. The van der Waals surface area contributed by atoms with Gasteiger partial charge in [0.25, 0.3) is 5.91 Å². The van der Waals surface area contributed by atoms with Crippen molar-refractivity contribution >= 4 is 17.2 Å². The van der Waals surface area contributed by atoms with E-state index in [1.54, 1.807) is 5.51 Å². The fourth-order valence-electron chi connectivity index (χ4n) is 2.46. The Morgan fingerprint density at radius 2 is 2.00 bits per heavy atom. The number of nitrogens with two attached hydrogens (primary N) is 1. The first kappa shape index (κ1) is 14.5. The second-order valence-electron chi connectivity index (χ2n) is 6.37. The molecule has 3 N–H and O–H groups in total. The highest BCUT2D eigenvalue weighted by molar-refractivity contribution is 7.11. The molecular weight excluding hydrogens is 258 g/mol. The summed E-state index contributed by atoms with van der Waals surface area (Å²) in [5.74, 6) is 0.0212. The monoisotopic (exact) mass is 281 g/mol. The van der Waals surface area contributed by atoms with Gasteiger partial charge in [0.1, 0.15) is 4.88 Å². The van der Waals surface area contributed by atoms with Gasteiger partial charge >= 0.3 is 0 Å². The minimum atomic E-state index is -0.0956. The standard InChI is InChI=1S/C14H23N3OS/c1-14(2,3)12-11(19-8-16-12)13(18)17-10-6-4-9(15)5-7-10/h8-10H,4-7,15H2,1-3H3,(H,17,18). The van der Waals surface area contributed by atoms with Gasteiger partial charge in [-0.3, -0.25) is 4.79 Å². The summed E-state index contributed by atoms with van der Waals surface area (Å²) in [6.07, 6.45) is 3.96. The Morgan fingerprint density at radius 1 is 1.37 bits per heavy atom. The van der Waals surface area contributed by atoms with Crippen molar-refractivity contribution in [2.24, 2.45) is 5.73 Å². The molecule has 1 saturated carbocycles. The Kier molecular flexibility index (Phi) is 4.26. The lowest BCUT2D eigenvalue weighted by Gasteiger charge is -2.27. The van der Waals surface area contributed by atoms with E-state index in [1.807, 2.05) is 0 Å². The van der Waals surface area contributed by atoms with Gasteiger partial charge in [-0.05, 0) is 25.7 Å². The average molecular weight is 281 g/mol. The van der Waals surface area contributed by atoms with Gasteiger partial charge in [0.2, 0.25) is 0 Å². The van der Waals surface area contributed by atoms with E-state index in [4.69, 9.17) is 5.73 Å². The third-order valence-corrected chi connectivity index (χ3v) is 4.42. The minimum Gasteiger partial charge on any atom is -0.349 e. The van der Waals surface area contributed by atoms with Crippen LogP contribution in [0.1, 0.15) is 61.8 Å². The van der Waals surface area contributed by atoms with E-state index in [0.29, 0.717) is 6.04 Å². The normalized spacial score (nSPS) is 24.2. The van der Waals surface area contributed by atoms with Gasteiger partial charge in [-0.1, -0.05) is 20.8 Å². The number of hydrogen-bond acceptors (Lipinski definition) is 4. The first-order chi connectivity index (χ1) is 8.88. The molecule has 4 nitrogen and oxygen atoms in total. The number of hydrogen-bond donors (Lipinski definition) is 2. The molecular formula is C14H23N3OS. The van der Waals surface area contributed by atoms with Gasteiger partial charge < -0.3 is 11.1 Å². The van der Waals surface area contributed by atoms with Crippen LogP contribution < -0.4 is 11.1 Å². The highest BCUT2D eigenvalue weighted by Gasteiger charge is 2.27. The van der Waals surface area contributed by atoms with Crippen LogP contribution in [0, 0.1) is 0 Å². The van der Waals surface area contributed by atoms with Crippen LogP contribution in [-0.2, 0) is 5.41 Å². The Hall–Kier alpha value is -0.940. The average Bonchev–Trinajstić information content (AvgIpc) is 2.81. The summed E-state index contributed by atoms with van der Waals surface area (Å²) in [5, 5.41) is 3.13. The van der Waals surface area contributed by atoms with Crippen LogP contribution in [0.25, 0.3) is 0 Å². The summed E-state index contributed by atoms with van der Waals surface area (Å²) in [6, 6.07) is 0.573. The number of rotatable bonds is 2. The number of nitrogens with one attached hydrogen (secondary N) is 1. The zero-order valence-electron chi connectivity index (χ0n) is 11.9. The molecule has 0 saturated heterocycles. The maximum Gasteiger partial charge on any atom is 0.263 e. The lowest BCUT2D eigenvalue weighted by atomic mass is 9.90. The van der Waals surface area contributed by atoms with E-state index >= 15 is 0 Å². The van der Waals surface area contributed by atoms with Crippen LogP contribution in [0.2, 0.25) is 0 Å². The van der Waals surface area contributed by atoms with Crippen molar-refractivity contribution in [3.63, 3.8) is 0 Å². The van der Waals surface area contributed by atoms with E-state index in [2.05, 4.69) is 31.1 Å². The molecule has 1 aromatic rings. The third-order valence-electron chi connectivity index (χ3n) is 3.59. The number of carbonyl (C=O) groups is 1. The molecule has 0 bridgehead atoms. The van der Waals surface area contributed by atoms with Crippen LogP contribution in [0.15, 0.2) is 5.51 Å². The molecule has 5 heteroatoms. The van der Waals surface area contributed by atoms with Gasteiger partial charge in [0.15, 0.2) is 0 Å². The predicted molar refractivity (Wildman–Crippen MR) is 78.5 cm³/mol. The molecule has 1 aromatic heterocycles. The molecule has 0 aromatic carbocycles. The van der Waals surface area contributed by atoms with Crippen molar-refractivity contribution in [1.82, 2.24) is 10.3 Å². The Balaban J connectivity index is 2.03. The Bertz CT molecular complexity index is 442. The lowest BCUT2D eigenvalue weighted by molar-refractivity contribution is 0.0927. The van der Waals surface area contributed by atoms with Gasteiger partial charge in [-0.25, -0.2) is 4.98 Å². The van der Waals surface area contributed by atoms with Gasteiger partial charge in [-0.2, -0.15) is 0 Å².